The first-order valence-electron chi connectivity index (χ1n) is 11.5. The van der Waals surface area contributed by atoms with Crippen LogP contribution in [0.4, 0.5) is 0 Å². The van der Waals surface area contributed by atoms with Crippen LogP contribution < -0.4 is 5.32 Å². The summed E-state index contributed by atoms with van der Waals surface area (Å²) in [6.45, 7) is 0.218. The van der Waals surface area contributed by atoms with Gasteiger partial charge in [0.15, 0.2) is 5.72 Å². The van der Waals surface area contributed by atoms with Gasteiger partial charge in [-0.2, -0.15) is 0 Å². The number of alkyl halides is 3. The van der Waals surface area contributed by atoms with Crippen LogP contribution in [-0.4, -0.2) is 32.9 Å². The maximum Gasteiger partial charge on any atom is 0.202 e. The number of aliphatic hydroxyl groups is 2. The Morgan fingerprint density at radius 2 is 1.29 bits per heavy atom. The van der Waals surface area contributed by atoms with E-state index in [4.69, 9.17) is 39.5 Å². The van der Waals surface area contributed by atoms with E-state index in [0.29, 0.717) is 13.0 Å². The molecule has 0 heterocycles. The van der Waals surface area contributed by atoms with Gasteiger partial charge in [0.1, 0.15) is 11.4 Å². The number of ether oxygens (including phenoxy) is 1. The van der Waals surface area contributed by atoms with E-state index in [2.05, 4.69) is 41.7 Å². The molecule has 0 radical (unpaired) electrons. The molecule has 4 rings (SSSR count). The van der Waals surface area contributed by atoms with Crippen LogP contribution in [0.5, 0.6) is 0 Å². The Hall–Kier alpha value is -2.05. The van der Waals surface area contributed by atoms with Gasteiger partial charge in [0.25, 0.3) is 0 Å². The Balaban J connectivity index is 1.66. The quantitative estimate of drug-likeness (QED) is 0.176. The van der Waals surface area contributed by atoms with Crippen LogP contribution in [0.1, 0.15) is 29.5 Å². The lowest BCUT2D eigenvalue weighted by atomic mass is 9.79. The van der Waals surface area contributed by atoms with E-state index in [1.54, 1.807) is 6.08 Å². The fraction of sp³-hybridized carbons (Fsp3) is 0.286. The van der Waals surface area contributed by atoms with Crippen molar-refractivity contribution in [1.82, 2.24) is 5.32 Å². The van der Waals surface area contributed by atoms with Gasteiger partial charge in [-0.15, -0.1) is 0 Å². The molecule has 3 aromatic carbocycles. The average molecular weight is 533 g/mol. The average Bonchev–Trinajstić information content (AvgIpc) is 2.87. The number of hydrogen-bond donors (Lipinski definition) is 3. The van der Waals surface area contributed by atoms with Crippen LogP contribution in [0.15, 0.2) is 103 Å². The molecule has 0 aliphatic heterocycles. The first-order valence-corrected chi connectivity index (χ1v) is 12.6. The smallest absolute Gasteiger partial charge is 0.202 e. The van der Waals surface area contributed by atoms with Crippen LogP contribution in [0.2, 0.25) is 0 Å². The van der Waals surface area contributed by atoms with E-state index in [9.17, 15) is 10.2 Å². The Morgan fingerprint density at radius 1 is 0.829 bits per heavy atom. The van der Waals surface area contributed by atoms with E-state index in [0.717, 1.165) is 16.7 Å². The second kappa shape index (κ2) is 10.9. The monoisotopic (exact) mass is 531 g/mol. The highest BCUT2D eigenvalue weighted by Gasteiger charge is 2.41. The predicted octanol–water partition coefficient (Wildman–Crippen LogP) is 6.50. The molecule has 0 bridgehead atoms. The maximum atomic E-state index is 10.8. The van der Waals surface area contributed by atoms with Crippen LogP contribution in [0, 0.1) is 5.92 Å². The number of halogens is 3. The number of aliphatic hydroxyl groups excluding tert-OH is 1. The van der Waals surface area contributed by atoms with Crippen LogP contribution in [0.3, 0.4) is 0 Å². The summed E-state index contributed by atoms with van der Waals surface area (Å²) >= 11 is 17.4. The van der Waals surface area contributed by atoms with Gasteiger partial charge in [0.05, 0.1) is 6.61 Å². The molecule has 0 spiro atoms. The topological polar surface area (TPSA) is 61.7 Å². The Labute approximate surface area is 221 Å². The van der Waals surface area contributed by atoms with Crippen LogP contribution in [-0.2, 0) is 10.3 Å². The first-order chi connectivity index (χ1) is 16.7. The van der Waals surface area contributed by atoms with Gasteiger partial charge in [-0.1, -0.05) is 126 Å². The van der Waals surface area contributed by atoms with Crippen molar-refractivity contribution in [2.75, 3.05) is 13.2 Å². The zero-order valence-corrected chi connectivity index (χ0v) is 21.3. The lowest BCUT2D eigenvalue weighted by Gasteiger charge is -2.39. The van der Waals surface area contributed by atoms with Crippen molar-refractivity contribution < 1.29 is 14.9 Å². The number of nitrogens with one attached hydrogen (secondary N) is 1. The fourth-order valence-electron chi connectivity index (χ4n) is 4.52. The molecule has 3 N–H and O–H groups in total. The highest BCUT2D eigenvalue weighted by Crippen LogP contribution is 2.41. The fourth-order valence-corrected chi connectivity index (χ4v) is 4.72. The summed E-state index contributed by atoms with van der Waals surface area (Å²) in [7, 11) is 0. The van der Waals surface area contributed by atoms with Crippen LogP contribution >= 0.6 is 34.8 Å². The standard InChI is InChI=1S/C28H28Cl3NO3/c29-27(30,31)20-32-26(34)17-16-21(18-25(26)33)19-35-28(22-10-4-1-5-11-22,23-12-6-2-7-13-23)24-14-8-3-9-15-24/h1-15,18,21,32-34H,16-17,19-20H2. The maximum absolute atomic E-state index is 10.8. The normalized spacial score (nSPS) is 20.9. The highest BCUT2D eigenvalue weighted by molar-refractivity contribution is 6.67. The van der Waals surface area contributed by atoms with E-state index in [1.165, 1.54) is 0 Å². The summed E-state index contributed by atoms with van der Waals surface area (Å²) in [5, 5.41) is 24.2. The van der Waals surface area contributed by atoms with Gasteiger partial charge in [-0.05, 0) is 35.6 Å². The molecule has 0 saturated heterocycles. The molecule has 4 nitrogen and oxygen atoms in total. The van der Waals surface area contributed by atoms with Crippen molar-refractivity contribution >= 4 is 34.8 Å². The molecule has 35 heavy (non-hydrogen) atoms. The molecule has 184 valence electrons. The molecule has 1 aliphatic carbocycles. The summed E-state index contributed by atoms with van der Waals surface area (Å²) in [5.74, 6) is -0.323. The van der Waals surface area contributed by atoms with Gasteiger partial charge < -0.3 is 14.9 Å². The molecule has 0 aromatic heterocycles. The summed E-state index contributed by atoms with van der Waals surface area (Å²) in [6.07, 6.45) is 2.45. The van der Waals surface area contributed by atoms with Gasteiger partial charge in [0, 0.05) is 12.5 Å². The zero-order valence-electron chi connectivity index (χ0n) is 19.1. The molecule has 2 atom stereocenters. The Kier molecular flexibility index (Phi) is 8.12. The van der Waals surface area contributed by atoms with E-state index >= 15 is 0 Å². The summed E-state index contributed by atoms with van der Waals surface area (Å²) < 4.78 is 5.25. The molecule has 0 saturated carbocycles. The van der Waals surface area contributed by atoms with Gasteiger partial charge >= 0.3 is 0 Å². The summed E-state index contributed by atoms with van der Waals surface area (Å²) in [6, 6.07) is 30.3. The second-order valence-corrected chi connectivity index (χ2v) is 11.3. The zero-order chi connectivity index (χ0) is 24.9. The Morgan fingerprint density at radius 3 is 1.69 bits per heavy atom. The number of benzene rings is 3. The van der Waals surface area contributed by atoms with E-state index in [-0.39, 0.29) is 24.6 Å². The summed E-state index contributed by atoms with van der Waals surface area (Å²) in [5.41, 5.74) is 0.511. The van der Waals surface area contributed by atoms with Crippen molar-refractivity contribution in [2.24, 2.45) is 5.92 Å². The summed E-state index contributed by atoms with van der Waals surface area (Å²) in [4.78, 5) is 0. The number of hydrogen-bond acceptors (Lipinski definition) is 4. The third-order valence-corrected chi connectivity index (χ3v) is 6.73. The van der Waals surface area contributed by atoms with E-state index < -0.39 is 15.1 Å². The van der Waals surface area contributed by atoms with Gasteiger partial charge in [-0.3, -0.25) is 5.32 Å². The molecule has 7 heteroatoms. The number of rotatable bonds is 8. The molecule has 3 aromatic rings. The molecule has 0 fully saturated rings. The van der Waals surface area contributed by atoms with Crippen molar-refractivity contribution in [3.63, 3.8) is 0 Å². The van der Waals surface area contributed by atoms with Gasteiger partial charge in [-0.25, -0.2) is 0 Å². The lowest BCUT2D eigenvalue weighted by Crippen LogP contribution is -2.51. The van der Waals surface area contributed by atoms with Gasteiger partial charge in [0.2, 0.25) is 3.79 Å². The SMILES string of the molecule is OC1=CC(COC(c2ccccc2)(c2ccccc2)c2ccccc2)CCC1(O)NCC(Cl)(Cl)Cl. The Bertz CT molecular complexity index is 1020. The van der Waals surface area contributed by atoms with Crippen molar-refractivity contribution in [3.8, 4) is 0 Å². The third-order valence-electron chi connectivity index (χ3n) is 6.33. The molecular weight excluding hydrogens is 505 g/mol. The van der Waals surface area contributed by atoms with Crippen molar-refractivity contribution in [2.45, 2.75) is 28.0 Å². The molecule has 1 aliphatic rings. The van der Waals surface area contributed by atoms with Crippen molar-refractivity contribution in [3.05, 3.63) is 120 Å². The minimum absolute atomic E-state index is 0.105. The first kappa shape index (κ1) is 26.0. The van der Waals surface area contributed by atoms with Crippen LogP contribution in [0.25, 0.3) is 0 Å². The second-order valence-electron chi connectivity index (χ2n) is 8.77. The minimum atomic E-state index is -1.64. The molecule has 0 amide bonds. The van der Waals surface area contributed by atoms with E-state index in [1.807, 2.05) is 54.6 Å². The third kappa shape index (κ3) is 6.03. The van der Waals surface area contributed by atoms with Crippen molar-refractivity contribution in [1.29, 1.82) is 0 Å². The molecule has 2 unspecified atom stereocenters. The largest absolute Gasteiger partial charge is 0.508 e. The predicted molar refractivity (Wildman–Crippen MR) is 142 cm³/mol. The minimum Gasteiger partial charge on any atom is -0.508 e. The molecular formula is C28H28Cl3NO3. The lowest BCUT2D eigenvalue weighted by molar-refractivity contribution is -0.0364. The highest BCUT2D eigenvalue weighted by atomic mass is 35.6.